The molecular formula is C24H34N2O2. The zero-order valence-electron chi connectivity index (χ0n) is 18.1. The molecule has 4 heteroatoms. The van der Waals surface area contributed by atoms with Gasteiger partial charge in [0.1, 0.15) is 5.75 Å². The minimum atomic E-state index is -0.456. The highest BCUT2D eigenvalue weighted by molar-refractivity contribution is 5.82. The molecule has 0 saturated heterocycles. The summed E-state index contributed by atoms with van der Waals surface area (Å²) >= 11 is 0. The molecule has 1 amide bonds. The molecule has 2 rings (SSSR count). The fourth-order valence-electron chi connectivity index (χ4n) is 2.97. The molecule has 1 atom stereocenters. The summed E-state index contributed by atoms with van der Waals surface area (Å²) in [5, 5.41) is 3.07. The van der Waals surface area contributed by atoms with Crippen molar-refractivity contribution < 1.29 is 9.53 Å². The van der Waals surface area contributed by atoms with Crippen LogP contribution in [0.1, 0.15) is 71.7 Å². The molecule has 1 aromatic heterocycles. The summed E-state index contributed by atoms with van der Waals surface area (Å²) < 4.78 is 5.86. The highest BCUT2D eigenvalue weighted by atomic mass is 16.5. The van der Waals surface area contributed by atoms with Crippen LogP contribution >= 0.6 is 0 Å². The predicted octanol–water partition coefficient (Wildman–Crippen LogP) is 5.44. The maximum atomic E-state index is 12.7. The lowest BCUT2D eigenvalue weighted by molar-refractivity contribution is -0.130. The molecular weight excluding hydrogens is 348 g/mol. The van der Waals surface area contributed by atoms with E-state index in [0.29, 0.717) is 6.61 Å². The highest BCUT2D eigenvalue weighted by Gasteiger charge is 2.28. The molecule has 1 N–H and O–H groups in total. The number of rotatable bonds is 8. The van der Waals surface area contributed by atoms with E-state index < -0.39 is 5.41 Å². The van der Waals surface area contributed by atoms with Gasteiger partial charge in [-0.15, -0.1) is 0 Å². The van der Waals surface area contributed by atoms with Gasteiger partial charge in [0.05, 0.1) is 18.3 Å². The van der Waals surface area contributed by atoms with E-state index >= 15 is 0 Å². The van der Waals surface area contributed by atoms with Crippen LogP contribution in [0.15, 0.2) is 48.7 Å². The second-order valence-corrected chi connectivity index (χ2v) is 9.06. The third-order valence-corrected chi connectivity index (χ3v) is 5.03. The largest absolute Gasteiger partial charge is 0.494 e. The molecule has 0 aliphatic heterocycles. The van der Waals surface area contributed by atoms with Crippen LogP contribution in [-0.4, -0.2) is 17.5 Å². The van der Waals surface area contributed by atoms with Crippen molar-refractivity contribution in [2.75, 3.05) is 6.61 Å². The summed E-state index contributed by atoms with van der Waals surface area (Å²) in [5.41, 5.74) is 1.85. The topological polar surface area (TPSA) is 51.2 Å². The van der Waals surface area contributed by atoms with Crippen LogP contribution in [0.25, 0.3) is 0 Å². The summed E-state index contributed by atoms with van der Waals surface area (Å²) in [6.45, 7) is 13.1. The minimum absolute atomic E-state index is 0.0418. The van der Waals surface area contributed by atoms with E-state index in [0.717, 1.165) is 24.3 Å². The van der Waals surface area contributed by atoms with E-state index in [9.17, 15) is 4.79 Å². The van der Waals surface area contributed by atoms with Crippen LogP contribution in [0.4, 0.5) is 0 Å². The van der Waals surface area contributed by atoms with Crippen molar-refractivity contribution >= 4 is 5.91 Å². The van der Waals surface area contributed by atoms with E-state index in [2.05, 4.69) is 43.2 Å². The van der Waals surface area contributed by atoms with Crippen molar-refractivity contribution in [3.05, 3.63) is 59.9 Å². The van der Waals surface area contributed by atoms with Gasteiger partial charge in [-0.25, -0.2) is 0 Å². The number of carbonyl (C=O) groups is 1. The van der Waals surface area contributed by atoms with Crippen molar-refractivity contribution in [3.8, 4) is 5.75 Å². The first kappa shape index (κ1) is 21.9. The Morgan fingerprint density at radius 3 is 2.32 bits per heavy atom. The molecule has 0 radical (unpaired) electrons. The van der Waals surface area contributed by atoms with Gasteiger partial charge in [0.15, 0.2) is 0 Å². The third-order valence-electron chi connectivity index (χ3n) is 5.03. The van der Waals surface area contributed by atoms with Gasteiger partial charge in [0.25, 0.3) is 0 Å². The number of ether oxygens (including phenoxy) is 1. The summed E-state index contributed by atoms with van der Waals surface area (Å²) in [6.07, 6.45) is 3.32. The van der Waals surface area contributed by atoms with Crippen molar-refractivity contribution in [1.82, 2.24) is 10.3 Å². The summed E-state index contributed by atoms with van der Waals surface area (Å²) in [5.74, 6) is 0.916. The number of aromatic nitrogens is 1. The minimum Gasteiger partial charge on any atom is -0.494 e. The summed E-state index contributed by atoms with van der Waals surface area (Å²) in [7, 11) is 0. The average molecular weight is 383 g/mol. The first-order valence-corrected chi connectivity index (χ1v) is 10.0. The fraction of sp³-hybridized carbons (Fsp3) is 0.500. The van der Waals surface area contributed by atoms with Crippen LogP contribution in [0.5, 0.6) is 5.75 Å². The monoisotopic (exact) mass is 382 g/mol. The van der Waals surface area contributed by atoms with Crippen LogP contribution in [0.2, 0.25) is 0 Å². The number of nitrogens with one attached hydrogen (secondary N) is 1. The molecule has 1 heterocycles. The van der Waals surface area contributed by atoms with Gasteiger partial charge in [-0.1, -0.05) is 52.8 Å². The van der Waals surface area contributed by atoms with Crippen LogP contribution in [0.3, 0.4) is 0 Å². The lowest BCUT2D eigenvalue weighted by atomic mass is 9.86. The van der Waals surface area contributed by atoms with Crippen LogP contribution in [-0.2, 0) is 10.2 Å². The SMILES string of the molecule is CC(NC(=O)C(C)(C)CCCOc1ccc(C(C)(C)C)cc1)c1ccccn1. The number of hydrogen-bond acceptors (Lipinski definition) is 3. The van der Waals surface area contributed by atoms with Gasteiger partial charge in [-0.3, -0.25) is 9.78 Å². The second-order valence-electron chi connectivity index (χ2n) is 9.06. The van der Waals surface area contributed by atoms with Crippen LogP contribution in [0, 0.1) is 5.41 Å². The first-order chi connectivity index (χ1) is 13.1. The number of pyridine rings is 1. The highest BCUT2D eigenvalue weighted by Crippen LogP contribution is 2.26. The molecule has 152 valence electrons. The molecule has 0 saturated carbocycles. The first-order valence-electron chi connectivity index (χ1n) is 10.0. The Morgan fingerprint density at radius 2 is 1.75 bits per heavy atom. The molecule has 0 fully saturated rings. The maximum Gasteiger partial charge on any atom is 0.226 e. The quantitative estimate of drug-likeness (QED) is 0.618. The van der Waals surface area contributed by atoms with Crippen LogP contribution < -0.4 is 10.1 Å². The number of carbonyl (C=O) groups excluding carboxylic acids is 1. The van der Waals surface area contributed by atoms with Gasteiger partial charge in [-0.2, -0.15) is 0 Å². The predicted molar refractivity (Wildman–Crippen MR) is 114 cm³/mol. The Balaban J connectivity index is 1.78. The summed E-state index contributed by atoms with van der Waals surface area (Å²) in [4.78, 5) is 17.0. The Bertz CT molecular complexity index is 746. The number of nitrogens with zero attached hydrogens (tertiary/aromatic N) is 1. The van der Waals surface area contributed by atoms with Crippen molar-refractivity contribution in [2.45, 2.75) is 65.8 Å². The van der Waals surface area contributed by atoms with Crippen molar-refractivity contribution in [2.24, 2.45) is 5.41 Å². The molecule has 0 bridgehead atoms. The lowest BCUT2D eigenvalue weighted by Gasteiger charge is -2.26. The van der Waals surface area contributed by atoms with Crippen molar-refractivity contribution in [3.63, 3.8) is 0 Å². The molecule has 0 spiro atoms. The summed E-state index contributed by atoms with van der Waals surface area (Å²) in [6, 6.07) is 13.9. The van der Waals surface area contributed by atoms with Crippen molar-refractivity contribution in [1.29, 1.82) is 0 Å². The maximum absolute atomic E-state index is 12.7. The normalized spacial score (nSPS) is 13.1. The zero-order chi connectivity index (χ0) is 20.8. The average Bonchev–Trinajstić information content (AvgIpc) is 2.65. The lowest BCUT2D eigenvalue weighted by Crippen LogP contribution is -2.38. The Labute approximate surface area is 169 Å². The van der Waals surface area contributed by atoms with E-state index in [1.807, 2.05) is 51.1 Å². The smallest absolute Gasteiger partial charge is 0.226 e. The molecule has 0 aliphatic carbocycles. The molecule has 1 unspecified atom stereocenters. The standard InChI is InChI=1S/C24H34N2O2/c1-18(21-10-7-8-16-25-21)26-22(27)24(5,6)15-9-17-28-20-13-11-19(12-14-20)23(2,3)4/h7-8,10-14,16,18H,9,15,17H2,1-6H3,(H,26,27). The van der Waals surface area contributed by atoms with E-state index in [4.69, 9.17) is 4.74 Å². The second kappa shape index (κ2) is 9.22. The van der Waals surface area contributed by atoms with Gasteiger partial charge in [-0.05, 0) is 55.0 Å². The van der Waals surface area contributed by atoms with E-state index in [1.54, 1.807) is 6.20 Å². The molecule has 4 nitrogen and oxygen atoms in total. The van der Waals surface area contributed by atoms with E-state index in [1.165, 1.54) is 5.56 Å². The molecule has 28 heavy (non-hydrogen) atoms. The van der Waals surface area contributed by atoms with Gasteiger partial charge in [0, 0.05) is 11.6 Å². The fourth-order valence-corrected chi connectivity index (χ4v) is 2.97. The molecule has 0 aliphatic rings. The molecule has 1 aromatic carbocycles. The van der Waals surface area contributed by atoms with Gasteiger partial charge in [0.2, 0.25) is 5.91 Å². The number of hydrogen-bond donors (Lipinski definition) is 1. The number of amides is 1. The van der Waals surface area contributed by atoms with Gasteiger partial charge >= 0.3 is 0 Å². The molecule has 2 aromatic rings. The zero-order valence-corrected chi connectivity index (χ0v) is 18.1. The van der Waals surface area contributed by atoms with Gasteiger partial charge < -0.3 is 10.1 Å². The third kappa shape index (κ3) is 6.36. The Kier molecular flexibility index (Phi) is 7.22. The number of benzene rings is 1. The Hall–Kier alpha value is -2.36. The Morgan fingerprint density at radius 1 is 1.07 bits per heavy atom. The van der Waals surface area contributed by atoms with E-state index in [-0.39, 0.29) is 17.4 Å².